The van der Waals surface area contributed by atoms with Crippen LogP contribution in [0, 0.1) is 5.92 Å². The molecule has 0 unspecified atom stereocenters. The minimum absolute atomic E-state index is 0.0205. The van der Waals surface area contributed by atoms with Crippen molar-refractivity contribution in [2.45, 2.75) is 19.8 Å². The van der Waals surface area contributed by atoms with Crippen LogP contribution in [0.1, 0.15) is 19.8 Å². The fraction of sp³-hybridized carbons (Fsp3) is 0.478. The molecule has 2 aliphatic heterocycles. The summed E-state index contributed by atoms with van der Waals surface area (Å²) in [5, 5.41) is 8.38. The van der Waals surface area contributed by atoms with Crippen molar-refractivity contribution in [1.29, 1.82) is 0 Å². The van der Waals surface area contributed by atoms with E-state index in [-0.39, 0.29) is 24.2 Å². The first-order valence-electron chi connectivity index (χ1n) is 11.0. The number of rotatable bonds is 7. The molecule has 0 spiro atoms. The van der Waals surface area contributed by atoms with Crippen molar-refractivity contribution >= 4 is 23.3 Å². The fourth-order valence-electron chi connectivity index (χ4n) is 4.06. The molecule has 1 aromatic heterocycles. The first kappa shape index (κ1) is 21.9. The second-order valence-electron chi connectivity index (χ2n) is 7.99. The molecule has 170 valence electrons. The lowest BCUT2D eigenvalue weighted by Crippen LogP contribution is -2.51. The van der Waals surface area contributed by atoms with E-state index < -0.39 is 0 Å². The molecule has 1 atom stereocenters. The van der Waals surface area contributed by atoms with E-state index in [0.29, 0.717) is 45.2 Å². The molecule has 0 saturated carbocycles. The molecule has 0 radical (unpaired) electrons. The fourth-order valence-corrected chi connectivity index (χ4v) is 4.06. The van der Waals surface area contributed by atoms with Crippen molar-refractivity contribution in [2.75, 3.05) is 56.2 Å². The van der Waals surface area contributed by atoms with Gasteiger partial charge in [-0.1, -0.05) is 6.92 Å². The number of hydrogen-bond acceptors (Lipinski definition) is 7. The Hall–Kier alpha value is -3.36. The molecular formula is C23H29N5O4. The van der Waals surface area contributed by atoms with Crippen molar-refractivity contribution in [3.8, 4) is 11.6 Å². The minimum Gasteiger partial charge on any atom is -0.497 e. The molecule has 32 heavy (non-hydrogen) atoms. The quantitative estimate of drug-likeness (QED) is 0.652. The highest BCUT2D eigenvalue weighted by Crippen LogP contribution is 2.28. The van der Waals surface area contributed by atoms with E-state index in [0.717, 1.165) is 23.7 Å². The van der Waals surface area contributed by atoms with E-state index in [1.54, 1.807) is 12.0 Å². The number of benzene rings is 1. The van der Waals surface area contributed by atoms with Gasteiger partial charge in [0.2, 0.25) is 17.7 Å². The summed E-state index contributed by atoms with van der Waals surface area (Å²) in [7, 11) is 1.61. The van der Waals surface area contributed by atoms with Crippen molar-refractivity contribution in [3.63, 3.8) is 0 Å². The molecule has 9 nitrogen and oxygen atoms in total. The lowest BCUT2D eigenvalue weighted by atomic mass is 10.1. The maximum Gasteiger partial charge on any atom is 0.233 e. The highest BCUT2D eigenvalue weighted by atomic mass is 16.5. The smallest absolute Gasteiger partial charge is 0.233 e. The van der Waals surface area contributed by atoms with Crippen LogP contribution in [0.15, 0.2) is 36.4 Å². The van der Waals surface area contributed by atoms with E-state index >= 15 is 0 Å². The summed E-state index contributed by atoms with van der Waals surface area (Å²) in [6.45, 7) is 5.63. The number of ether oxygens (including phenoxy) is 2. The van der Waals surface area contributed by atoms with Crippen LogP contribution in [-0.2, 0) is 9.59 Å². The lowest BCUT2D eigenvalue weighted by Gasteiger charge is -2.36. The van der Waals surface area contributed by atoms with Gasteiger partial charge in [-0.25, -0.2) is 0 Å². The van der Waals surface area contributed by atoms with Crippen LogP contribution in [0.2, 0.25) is 0 Å². The van der Waals surface area contributed by atoms with Gasteiger partial charge in [-0.2, -0.15) is 0 Å². The van der Waals surface area contributed by atoms with E-state index in [4.69, 9.17) is 9.47 Å². The average molecular weight is 440 g/mol. The van der Waals surface area contributed by atoms with Crippen molar-refractivity contribution < 1.29 is 19.1 Å². The Bertz CT molecular complexity index is 926. The maximum atomic E-state index is 13.1. The Balaban J connectivity index is 1.31. The summed E-state index contributed by atoms with van der Waals surface area (Å²) in [4.78, 5) is 31.3. The number of carbonyl (C=O) groups excluding carboxylic acids is 2. The Morgan fingerprint density at radius 3 is 2.44 bits per heavy atom. The summed E-state index contributed by atoms with van der Waals surface area (Å²) < 4.78 is 10.7. The predicted octanol–water partition coefficient (Wildman–Crippen LogP) is 1.98. The zero-order chi connectivity index (χ0) is 22.5. The maximum absolute atomic E-state index is 13.1. The number of hydrogen-bond donors (Lipinski definition) is 0. The number of anilines is 2. The second-order valence-corrected chi connectivity index (χ2v) is 7.99. The lowest BCUT2D eigenvalue weighted by molar-refractivity contribution is -0.136. The molecule has 2 amide bonds. The Morgan fingerprint density at radius 1 is 1.06 bits per heavy atom. The summed E-state index contributed by atoms with van der Waals surface area (Å²) in [6.07, 6.45) is 1.17. The minimum atomic E-state index is -0.314. The number of nitrogens with zero attached hydrogens (tertiary/aromatic N) is 5. The average Bonchev–Trinajstić information content (AvgIpc) is 3.24. The zero-order valence-electron chi connectivity index (χ0n) is 18.6. The highest BCUT2D eigenvalue weighted by Gasteiger charge is 2.38. The van der Waals surface area contributed by atoms with Crippen LogP contribution in [0.3, 0.4) is 0 Å². The molecule has 0 bridgehead atoms. The number of amides is 2. The molecule has 2 aromatic rings. The SMILES string of the molecule is CCCOc1ccc(N2CCN(C(=O)[C@@H]3CC(=O)N(c4ccc(OC)cc4)C3)CC2)nn1. The van der Waals surface area contributed by atoms with E-state index in [1.807, 2.05) is 48.2 Å². The second kappa shape index (κ2) is 9.84. The van der Waals surface area contributed by atoms with Crippen LogP contribution in [-0.4, -0.2) is 73.4 Å². The summed E-state index contributed by atoms with van der Waals surface area (Å²) in [5.74, 6) is 1.75. The summed E-state index contributed by atoms with van der Waals surface area (Å²) >= 11 is 0. The number of carbonyl (C=O) groups is 2. The number of aromatic nitrogens is 2. The van der Waals surface area contributed by atoms with Crippen molar-refractivity contribution in [2.24, 2.45) is 5.92 Å². The van der Waals surface area contributed by atoms with Gasteiger partial charge >= 0.3 is 0 Å². The molecule has 0 N–H and O–H groups in total. The molecule has 2 aliphatic rings. The third-order valence-corrected chi connectivity index (χ3v) is 5.85. The van der Waals surface area contributed by atoms with Crippen LogP contribution in [0.25, 0.3) is 0 Å². The van der Waals surface area contributed by atoms with Gasteiger partial charge in [-0.15, -0.1) is 10.2 Å². The number of methoxy groups -OCH3 is 1. The monoisotopic (exact) mass is 439 g/mol. The van der Waals surface area contributed by atoms with Gasteiger partial charge in [0.25, 0.3) is 0 Å². The molecule has 2 fully saturated rings. The molecule has 3 heterocycles. The summed E-state index contributed by atoms with van der Waals surface area (Å²) in [5.41, 5.74) is 0.792. The number of piperazine rings is 1. The topological polar surface area (TPSA) is 88.1 Å². The highest BCUT2D eigenvalue weighted by molar-refractivity contribution is 6.00. The molecule has 9 heteroatoms. The van der Waals surface area contributed by atoms with Gasteiger partial charge in [-0.3, -0.25) is 9.59 Å². The van der Waals surface area contributed by atoms with Crippen molar-refractivity contribution in [1.82, 2.24) is 15.1 Å². The largest absolute Gasteiger partial charge is 0.497 e. The molecule has 0 aliphatic carbocycles. The van der Waals surface area contributed by atoms with Gasteiger partial charge in [0.15, 0.2) is 5.82 Å². The third-order valence-electron chi connectivity index (χ3n) is 5.85. The molecule has 4 rings (SSSR count). The van der Waals surface area contributed by atoms with E-state index in [2.05, 4.69) is 15.1 Å². The van der Waals surface area contributed by atoms with Gasteiger partial charge in [0.1, 0.15) is 5.75 Å². The molecule has 2 saturated heterocycles. The Kier molecular flexibility index (Phi) is 6.72. The van der Waals surface area contributed by atoms with Crippen LogP contribution < -0.4 is 19.3 Å². The molecule has 1 aromatic carbocycles. The third kappa shape index (κ3) is 4.76. The standard InChI is InChI=1S/C23H29N5O4/c1-3-14-32-21-9-8-20(24-25-21)26-10-12-27(13-11-26)23(30)17-15-22(29)28(16-17)18-4-6-19(31-2)7-5-18/h4-9,17H,3,10-16H2,1-2H3/t17-/m1/s1. The predicted molar refractivity (Wildman–Crippen MR) is 120 cm³/mol. The first-order valence-corrected chi connectivity index (χ1v) is 11.0. The van der Waals surface area contributed by atoms with Crippen molar-refractivity contribution in [3.05, 3.63) is 36.4 Å². The molecular weight excluding hydrogens is 410 g/mol. The summed E-state index contributed by atoms with van der Waals surface area (Å²) in [6, 6.07) is 11.1. The van der Waals surface area contributed by atoms with Gasteiger partial charge < -0.3 is 24.2 Å². The van der Waals surface area contributed by atoms with E-state index in [1.165, 1.54) is 0 Å². The van der Waals surface area contributed by atoms with Gasteiger partial charge in [0, 0.05) is 50.9 Å². The first-order chi connectivity index (χ1) is 15.6. The van der Waals surface area contributed by atoms with Crippen LogP contribution >= 0.6 is 0 Å². The Labute approximate surface area is 187 Å². The van der Waals surface area contributed by atoms with E-state index in [9.17, 15) is 9.59 Å². The van der Waals surface area contributed by atoms with Crippen LogP contribution in [0.4, 0.5) is 11.5 Å². The van der Waals surface area contributed by atoms with Crippen LogP contribution in [0.5, 0.6) is 11.6 Å². The van der Waals surface area contributed by atoms with Gasteiger partial charge in [-0.05, 0) is 36.8 Å². The van der Waals surface area contributed by atoms with Gasteiger partial charge in [0.05, 0.1) is 19.6 Å². The zero-order valence-corrected chi connectivity index (χ0v) is 18.6. The normalized spacial score (nSPS) is 18.8. The Morgan fingerprint density at radius 2 is 1.81 bits per heavy atom.